The van der Waals surface area contributed by atoms with Crippen LogP contribution >= 0.6 is 0 Å². The lowest BCUT2D eigenvalue weighted by molar-refractivity contribution is -0.168. The molecule has 0 radical (unpaired) electrons. The molecule has 2 nitrogen and oxygen atoms in total. The standard InChI is InChI=1S/C16H32O2/c1-3-5-7-8-9-11-13-16(12-10-6-4-2)17-14-15-18-16/h3-15H2,1-2H3. The Morgan fingerprint density at radius 3 is 1.72 bits per heavy atom. The average molecular weight is 256 g/mol. The Morgan fingerprint density at radius 2 is 1.11 bits per heavy atom. The van der Waals surface area contributed by atoms with Crippen LogP contribution in [0.15, 0.2) is 0 Å². The van der Waals surface area contributed by atoms with E-state index in [0.29, 0.717) is 0 Å². The molecular weight excluding hydrogens is 224 g/mol. The molecule has 1 heterocycles. The summed E-state index contributed by atoms with van der Waals surface area (Å²) in [5, 5.41) is 0. The number of hydrogen-bond acceptors (Lipinski definition) is 2. The van der Waals surface area contributed by atoms with E-state index in [9.17, 15) is 0 Å². The van der Waals surface area contributed by atoms with Crippen LogP contribution in [0.1, 0.15) is 84.5 Å². The summed E-state index contributed by atoms with van der Waals surface area (Å²) in [4.78, 5) is 0. The third kappa shape index (κ3) is 6.19. The van der Waals surface area contributed by atoms with E-state index < -0.39 is 0 Å². The molecule has 108 valence electrons. The van der Waals surface area contributed by atoms with Gasteiger partial charge in [0.15, 0.2) is 5.79 Å². The van der Waals surface area contributed by atoms with Crippen LogP contribution in [-0.4, -0.2) is 19.0 Å². The summed E-state index contributed by atoms with van der Waals surface area (Å²) < 4.78 is 11.8. The molecule has 0 unspecified atom stereocenters. The normalized spacial score (nSPS) is 18.3. The highest BCUT2D eigenvalue weighted by molar-refractivity contribution is 4.74. The lowest BCUT2D eigenvalue weighted by Crippen LogP contribution is -2.30. The van der Waals surface area contributed by atoms with Crippen molar-refractivity contribution in [1.82, 2.24) is 0 Å². The first-order valence-electron chi connectivity index (χ1n) is 8.11. The molecule has 0 aromatic heterocycles. The molecule has 1 aliphatic heterocycles. The second-order valence-corrected chi connectivity index (χ2v) is 5.58. The maximum Gasteiger partial charge on any atom is 0.168 e. The molecule has 0 aromatic rings. The molecule has 1 aliphatic rings. The molecular formula is C16H32O2. The lowest BCUT2D eigenvalue weighted by Gasteiger charge is -2.27. The molecule has 0 bridgehead atoms. The van der Waals surface area contributed by atoms with Crippen LogP contribution in [0.4, 0.5) is 0 Å². The topological polar surface area (TPSA) is 18.5 Å². The van der Waals surface area contributed by atoms with Gasteiger partial charge in [-0.1, -0.05) is 58.8 Å². The Bertz CT molecular complexity index is 186. The molecule has 0 spiro atoms. The van der Waals surface area contributed by atoms with Gasteiger partial charge < -0.3 is 9.47 Å². The van der Waals surface area contributed by atoms with Crippen molar-refractivity contribution < 1.29 is 9.47 Å². The van der Waals surface area contributed by atoms with Crippen LogP contribution in [0, 0.1) is 0 Å². The second kappa shape index (κ2) is 9.80. The second-order valence-electron chi connectivity index (χ2n) is 5.58. The predicted molar refractivity (Wildman–Crippen MR) is 76.8 cm³/mol. The van der Waals surface area contributed by atoms with Crippen molar-refractivity contribution in [3.63, 3.8) is 0 Å². The largest absolute Gasteiger partial charge is 0.348 e. The fraction of sp³-hybridized carbons (Fsp3) is 1.00. The van der Waals surface area contributed by atoms with Crippen LogP contribution in [0.25, 0.3) is 0 Å². The molecule has 1 saturated heterocycles. The third-order valence-corrected chi connectivity index (χ3v) is 3.89. The molecule has 0 N–H and O–H groups in total. The van der Waals surface area contributed by atoms with E-state index in [-0.39, 0.29) is 5.79 Å². The minimum absolute atomic E-state index is 0.208. The number of rotatable bonds is 11. The summed E-state index contributed by atoms with van der Waals surface area (Å²) in [6.07, 6.45) is 14.1. The fourth-order valence-electron chi connectivity index (χ4n) is 2.73. The highest BCUT2D eigenvalue weighted by atomic mass is 16.7. The van der Waals surface area contributed by atoms with Gasteiger partial charge in [-0.3, -0.25) is 0 Å². The maximum absolute atomic E-state index is 5.89. The molecule has 0 atom stereocenters. The van der Waals surface area contributed by atoms with Crippen LogP contribution in [0.2, 0.25) is 0 Å². The third-order valence-electron chi connectivity index (χ3n) is 3.89. The maximum atomic E-state index is 5.89. The molecule has 0 aromatic carbocycles. The summed E-state index contributed by atoms with van der Waals surface area (Å²) in [6.45, 7) is 6.10. The summed E-state index contributed by atoms with van der Waals surface area (Å²) in [5.41, 5.74) is 0. The molecule has 0 amide bonds. The zero-order valence-electron chi connectivity index (χ0n) is 12.5. The van der Waals surface area contributed by atoms with Gasteiger partial charge in [0.05, 0.1) is 13.2 Å². The number of unbranched alkanes of at least 4 members (excludes halogenated alkanes) is 7. The number of hydrogen-bond donors (Lipinski definition) is 0. The number of ether oxygens (including phenoxy) is 2. The van der Waals surface area contributed by atoms with Gasteiger partial charge in [-0.25, -0.2) is 0 Å². The first-order valence-corrected chi connectivity index (χ1v) is 8.11. The van der Waals surface area contributed by atoms with E-state index in [1.165, 1.54) is 57.8 Å². The van der Waals surface area contributed by atoms with E-state index in [1.54, 1.807) is 0 Å². The van der Waals surface area contributed by atoms with Gasteiger partial charge in [-0.2, -0.15) is 0 Å². The van der Waals surface area contributed by atoms with Crippen LogP contribution in [0.3, 0.4) is 0 Å². The molecule has 18 heavy (non-hydrogen) atoms. The van der Waals surface area contributed by atoms with Gasteiger partial charge in [-0.15, -0.1) is 0 Å². The zero-order chi connectivity index (χ0) is 13.1. The quantitative estimate of drug-likeness (QED) is 0.481. The Labute approximate surface area is 113 Å². The van der Waals surface area contributed by atoms with Gasteiger partial charge in [0, 0.05) is 12.8 Å². The SMILES string of the molecule is CCCCCCCCC1(CCCCC)OCCO1. The van der Waals surface area contributed by atoms with Crippen LogP contribution in [0.5, 0.6) is 0 Å². The fourth-order valence-corrected chi connectivity index (χ4v) is 2.73. The van der Waals surface area contributed by atoms with Crippen molar-refractivity contribution >= 4 is 0 Å². The smallest absolute Gasteiger partial charge is 0.168 e. The highest BCUT2D eigenvalue weighted by Crippen LogP contribution is 2.31. The van der Waals surface area contributed by atoms with Gasteiger partial charge in [0.2, 0.25) is 0 Å². The van der Waals surface area contributed by atoms with E-state index in [2.05, 4.69) is 13.8 Å². The average Bonchev–Trinajstić information content (AvgIpc) is 2.83. The minimum Gasteiger partial charge on any atom is -0.348 e. The molecule has 0 aliphatic carbocycles. The Hall–Kier alpha value is -0.0800. The Morgan fingerprint density at radius 1 is 0.667 bits per heavy atom. The van der Waals surface area contributed by atoms with Crippen molar-refractivity contribution in [2.24, 2.45) is 0 Å². The molecule has 0 saturated carbocycles. The van der Waals surface area contributed by atoms with Crippen LogP contribution in [-0.2, 0) is 9.47 Å². The van der Waals surface area contributed by atoms with Crippen molar-refractivity contribution in [3.8, 4) is 0 Å². The van der Waals surface area contributed by atoms with Crippen molar-refractivity contribution in [2.45, 2.75) is 90.3 Å². The summed E-state index contributed by atoms with van der Waals surface area (Å²) >= 11 is 0. The molecule has 1 fully saturated rings. The Balaban J connectivity index is 2.13. The summed E-state index contributed by atoms with van der Waals surface area (Å²) in [5.74, 6) is -0.208. The lowest BCUT2D eigenvalue weighted by atomic mass is 10.00. The molecule has 2 heteroatoms. The van der Waals surface area contributed by atoms with Gasteiger partial charge in [0.25, 0.3) is 0 Å². The summed E-state index contributed by atoms with van der Waals surface area (Å²) in [6, 6.07) is 0. The predicted octanol–water partition coefficient (Wildman–Crippen LogP) is 5.06. The van der Waals surface area contributed by atoms with Crippen molar-refractivity contribution in [1.29, 1.82) is 0 Å². The highest BCUT2D eigenvalue weighted by Gasteiger charge is 2.34. The Kier molecular flexibility index (Phi) is 8.70. The van der Waals surface area contributed by atoms with E-state index >= 15 is 0 Å². The first kappa shape index (κ1) is 16.0. The van der Waals surface area contributed by atoms with E-state index in [1.807, 2.05) is 0 Å². The molecule has 1 rings (SSSR count). The summed E-state index contributed by atoms with van der Waals surface area (Å²) in [7, 11) is 0. The zero-order valence-corrected chi connectivity index (χ0v) is 12.5. The first-order chi connectivity index (χ1) is 8.83. The van der Waals surface area contributed by atoms with E-state index in [4.69, 9.17) is 9.47 Å². The van der Waals surface area contributed by atoms with Crippen molar-refractivity contribution in [3.05, 3.63) is 0 Å². The van der Waals surface area contributed by atoms with Gasteiger partial charge in [0.1, 0.15) is 0 Å². The monoisotopic (exact) mass is 256 g/mol. The minimum atomic E-state index is -0.208. The van der Waals surface area contributed by atoms with Crippen LogP contribution < -0.4 is 0 Å². The van der Waals surface area contributed by atoms with Gasteiger partial charge >= 0.3 is 0 Å². The van der Waals surface area contributed by atoms with Crippen molar-refractivity contribution in [2.75, 3.05) is 13.2 Å². The van der Waals surface area contributed by atoms with Gasteiger partial charge in [-0.05, 0) is 12.8 Å². The van der Waals surface area contributed by atoms with E-state index in [0.717, 1.165) is 26.1 Å².